The van der Waals surface area contributed by atoms with E-state index in [2.05, 4.69) is 5.10 Å². The highest BCUT2D eigenvalue weighted by atomic mass is 35.5. The van der Waals surface area contributed by atoms with Crippen LogP contribution in [0.25, 0.3) is 5.69 Å². The van der Waals surface area contributed by atoms with Crippen LogP contribution >= 0.6 is 12.4 Å². The molecule has 2 aromatic rings. The number of benzene rings is 1. The first-order valence-corrected chi connectivity index (χ1v) is 9.38. The predicted molar refractivity (Wildman–Crippen MR) is 97.9 cm³/mol. The lowest BCUT2D eigenvalue weighted by Crippen LogP contribution is -2.39. The molecule has 9 heteroatoms. The molecule has 0 bridgehead atoms. The van der Waals surface area contributed by atoms with Crippen molar-refractivity contribution in [2.75, 3.05) is 26.7 Å². The summed E-state index contributed by atoms with van der Waals surface area (Å²) in [6, 6.07) is 7.34. The maximum absolute atomic E-state index is 12.8. The van der Waals surface area contributed by atoms with E-state index in [0.29, 0.717) is 37.0 Å². The zero-order valence-electron chi connectivity index (χ0n) is 14.0. The minimum atomic E-state index is -3.53. The number of methoxy groups -OCH3 is 1. The van der Waals surface area contributed by atoms with Gasteiger partial charge in [-0.15, -0.1) is 12.4 Å². The molecule has 0 aliphatic carbocycles. The number of sulfonamides is 1. The quantitative estimate of drug-likeness (QED) is 0.843. The Morgan fingerprint density at radius 1 is 1.28 bits per heavy atom. The van der Waals surface area contributed by atoms with Crippen LogP contribution in [0, 0.1) is 5.92 Å². The first-order chi connectivity index (χ1) is 11.6. The van der Waals surface area contributed by atoms with Crippen LogP contribution in [0.5, 0.6) is 5.75 Å². The monoisotopic (exact) mass is 386 g/mol. The molecule has 138 valence electrons. The van der Waals surface area contributed by atoms with E-state index in [4.69, 9.17) is 10.5 Å². The summed E-state index contributed by atoms with van der Waals surface area (Å²) in [5.41, 5.74) is 6.37. The fourth-order valence-corrected chi connectivity index (χ4v) is 4.33. The van der Waals surface area contributed by atoms with E-state index in [1.165, 1.54) is 21.4 Å². The van der Waals surface area contributed by atoms with Crippen molar-refractivity contribution >= 4 is 22.4 Å². The van der Waals surface area contributed by atoms with Crippen molar-refractivity contribution in [3.63, 3.8) is 0 Å². The van der Waals surface area contributed by atoms with Crippen LogP contribution in [0.3, 0.4) is 0 Å². The maximum Gasteiger partial charge on any atom is 0.246 e. The number of hydrogen-bond donors (Lipinski definition) is 1. The third kappa shape index (κ3) is 3.98. The van der Waals surface area contributed by atoms with Gasteiger partial charge in [0, 0.05) is 13.1 Å². The molecule has 1 aromatic heterocycles. The highest BCUT2D eigenvalue weighted by Crippen LogP contribution is 2.26. The number of halogens is 1. The first-order valence-electron chi connectivity index (χ1n) is 7.94. The molecule has 0 unspecified atom stereocenters. The molecular weight excluding hydrogens is 364 g/mol. The van der Waals surface area contributed by atoms with E-state index in [9.17, 15) is 8.42 Å². The van der Waals surface area contributed by atoms with Gasteiger partial charge in [-0.05, 0) is 37.4 Å². The van der Waals surface area contributed by atoms with Gasteiger partial charge in [0.25, 0.3) is 0 Å². The Morgan fingerprint density at radius 3 is 2.60 bits per heavy atom. The number of rotatable bonds is 5. The lowest BCUT2D eigenvalue weighted by Gasteiger charge is -2.30. The molecule has 1 aliphatic heterocycles. The molecule has 7 nitrogen and oxygen atoms in total. The zero-order chi connectivity index (χ0) is 17.2. The van der Waals surface area contributed by atoms with Gasteiger partial charge in [0.1, 0.15) is 16.3 Å². The molecule has 1 aromatic carbocycles. The number of hydrogen-bond acceptors (Lipinski definition) is 5. The summed E-state index contributed by atoms with van der Waals surface area (Å²) in [4.78, 5) is 0.194. The molecule has 1 fully saturated rings. The molecule has 2 N–H and O–H groups in total. The summed E-state index contributed by atoms with van der Waals surface area (Å²) in [6.07, 6.45) is 4.52. The topological polar surface area (TPSA) is 90.5 Å². The zero-order valence-corrected chi connectivity index (χ0v) is 15.7. The third-order valence-electron chi connectivity index (χ3n) is 4.44. The van der Waals surface area contributed by atoms with Crippen molar-refractivity contribution in [1.82, 2.24) is 14.1 Å². The average Bonchev–Trinajstić information content (AvgIpc) is 3.12. The molecular formula is C16H23ClN4O3S. The number of nitrogens with two attached hydrogens (primary N) is 1. The van der Waals surface area contributed by atoms with Crippen molar-refractivity contribution in [2.24, 2.45) is 11.7 Å². The van der Waals surface area contributed by atoms with E-state index >= 15 is 0 Å². The maximum atomic E-state index is 12.8. The van der Waals surface area contributed by atoms with Crippen molar-refractivity contribution in [3.05, 3.63) is 36.7 Å². The molecule has 25 heavy (non-hydrogen) atoms. The summed E-state index contributed by atoms with van der Waals surface area (Å²) >= 11 is 0. The Bertz CT molecular complexity index is 801. The number of ether oxygens (including phenoxy) is 1. The summed E-state index contributed by atoms with van der Waals surface area (Å²) in [6.45, 7) is 1.62. The van der Waals surface area contributed by atoms with Crippen molar-refractivity contribution < 1.29 is 13.2 Å². The van der Waals surface area contributed by atoms with E-state index in [1.54, 1.807) is 7.11 Å². The standard InChI is InChI=1S/C16H22N4O3S.ClH/c1-23-16-5-3-2-4-15(16)20-12-14(11-18-20)24(21,22)19-8-6-13(10-17)7-9-19;/h2-5,11-13H,6-10,17H2,1H3;1H. The van der Waals surface area contributed by atoms with Crippen molar-refractivity contribution in [1.29, 1.82) is 0 Å². The Kier molecular flexibility index (Phi) is 6.45. The molecule has 1 aliphatic rings. The summed E-state index contributed by atoms with van der Waals surface area (Å²) < 4.78 is 33.9. The fourth-order valence-electron chi connectivity index (χ4n) is 2.92. The molecule has 0 spiro atoms. The van der Waals surface area contributed by atoms with Crippen LogP contribution in [0.15, 0.2) is 41.6 Å². The van der Waals surface area contributed by atoms with Gasteiger partial charge in [0.2, 0.25) is 10.0 Å². The smallest absolute Gasteiger partial charge is 0.246 e. The van der Waals surface area contributed by atoms with Crippen LogP contribution in [-0.2, 0) is 10.0 Å². The highest BCUT2D eigenvalue weighted by Gasteiger charge is 2.30. The third-order valence-corrected chi connectivity index (χ3v) is 6.29. The Hall–Kier alpha value is -1.61. The van der Waals surface area contributed by atoms with Gasteiger partial charge in [-0.2, -0.15) is 9.40 Å². The van der Waals surface area contributed by atoms with Crippen LogP contribution in [0.4, 0.5) is 0 Å². The summed E-state index contributed by atoms with van der Waals surface area (Å²) in [5.74, 6) is 1.04. The molecule has 0 atom stereocenters. The van der Waals surface area contributed by atoms with E-state index in [1.807, 2.05) is 24.3 Å². The highest BCUT2D eigenvalue weighted by molar-refractivity contribution is 7.89. The largest absolute Gasteiger partial charge is 0.494 e. The van der Waals surface area contributed by atoms with Gasteiger partial charge in [0.15, 0.2) is 0 Å². The van der Waals surface area contributed by atoms with E-state index in [-0.39, 0.29) is 17.3 Å². The van der Waals surface area contributed by atoms with Gasteiger partial charge in [0.05, 0.1) is 19.5 Å². The lowest BCUT2D eigenvalue weighted by atomic mass is 9.99. The molecule has 0 saturated carbocycles. The van der Waals surface area contributed by atoms with E-state index in [0.717, 1.165) is 12.8 Å². The number of piperidine rings is 1. The lowest BCUT2D eigenvalue weighted by molar-refractivity contribution is 0.278. The minimum absolute atomic E-state index is 0. The van der Waals surface area contributed by atoms with Gasteiger partial charge in [-0.1, -0.05) is 12.1 Å². The SMILES string of the molecule is COc1ccccc1-n1cc(S(=O)(=O)N2CCC(CN)CC2)cn1.Cl. The number of para-hydroxylation sites is 2. The molecule has 2 heterocycles. The molecule has 3 rings (SSSR count). The Labute approximate surface area is 154 Å². The Balaban J connectivity index is 0.00000225. The average molecular weight is 387 g/mol. The summed E-state index contributed by atoms with van der Waals surface area (Å²) in [5, 5.41) is 4.20. The van der Waals surface area contributed by atoms with Crippen molar-refractivity contribution in [3.8, 4) is 11.4 Å². The van der Waals surface area contributed by atoms with Gasteiger partial charge >= 0.3 is 0 Å². The predicted octanol–water partition coefficient (Wildman–Crippen LogP) is 1.66. The normalized spacial score (nSPS) is 16.4. The summed E-state index contributed by atoms with van der Waals surface area (Å²) in [7, 11) is -1.96. The van der Waals surface area contributed by atoms with Crippen molar-refractivity contribution in [2.45, 2.75) is 17.7 Å². The molecule has 0 radical (unpaired) electrons. The number of nitrogens with zero attached hydrogens (tertiary/aromatic N) is 3. The van der Waals surface area contributed by atoms with Gasteiger partial charge in [-0.25, -0.2) is 13.1 Å². The second kappa shape index (κ2) is 8.18. The fraction of sp³-hybridized carbons (Fsp3) is 0.438. The van der Waals surface area contributed by atoms with Gasteiger partial charge < -0.3 is 10.5 Å². The first kappa shape index (κ1) is 19.7. The van der Waals surface area contributed by atoms with Gasteiger partial charge in [-0.3, -0.25) is 0 Å². The second-order valence-corrected chi connectivity index (χ2v) is 7.81. The van der Waals surface area contributed by atoms with Crippen LogP contribution in [-0.4, -0.2) is 49.2 Å². The van der Waals surface area contributed by atoms with E-state index < -0.39 is 10.0 Å². The van der Waals surface area contributed by atoms with Crippen LogP contribution < -0.4 is 10.5 Å². The van der Waals surface area contributed by atoms with Crippen LogP contribution in [0.2, 0.25) is 0 Å². The Morgan fingerprint density at radius 2 is 1.96 bits per heavy atom. The molecule has 0 amide bonds. The molecule has 1 saturated heterocycles. The number of aromatic nitrogens is 2. The minimum Gasteiger partial charge on any atom is -0.494 e. The second-order valence-electron chi connectivity index (χ2n) is 5.88. The van der Waals surface area contributed by atoms with Crippen LogP contribution in [0.1, 0.15) is 12.8 Å².